The van der Waals surface area contributed by atoms with E-state index in [1.807, 2.05) is 38.1 Å². The van der Waals surface area contributed by atoms with Crippen LogP contribution < -0.4 is 4.74 Å². The van der Waals surface area contributed by atoms with Crippen molar-refractivity contribution in [2.24, 2.45) is 5.92 Å². The van der Waals surface area contributed by atoms with Gasteiger partial charge in [-0.15, -0.1) is 0 Å². The Bertz CT molecular complexity index is 505. The highest BCUT2D eigenvalue weighted by Crippen LogP contribution is 2.27. The predicted molar refractivity (Wildman–Crippen MR) is 71.6 cm³/mol. The molecule has 4 nitrogen and oxygen atoms in total. The van der Waals surface area contributed by atoms with Crippen molar-refractivity contribution in [1.82, 2.24) is 4.90 Å². The number of benzene rings is 1. The molecule has 0 saturated carbocycles. The van der Waals surface area contributed by atoms with E-state index < -0.39 is 0 Å². The maximum absolute atomic E-state index is 12.4. The molecule has 1 atom stereocenters. The lowest BCUT2D eigenvalue weighted by Crippen LogP contribution is -2.44. The summed E-state index contributed by atoms with van der Waals surface area (Å²) in [4.78, 5) is 14.0. The second kappa shape index (κ2) is 5.75. The SMILES string of the molecule is CC(C)N(CC#N)C(=O)C1COc2ccccc2C1. The molecule has 1 amide bonds. The van der Waals surface area contributed by atoms with Crippen molar-refractivity contribution in [3.8, 4) is 11.8 Å². The molecule has 0 aromatic heterocycles. The maximum Gasteiger partial charge on any atom is 0.230 e. The molecule has 1 unspecified atom stereocenters. The van der Waals surface area contributed by atoms with Crippen LogP contribution in [-0.4, -0.2) is 30.0 Å². The molecule has 4 heteroatoms. The van der Waals surface area contributed by atoms with Gasteiger partial charge in [0.25, 0.3) is 0 Å². The smallest absolute Gasteiger partial charge is 0.230 e. The van der Waals surface area contributed by atoms with Gasteiger partial charge >= 0.3 is 0 Å². The van der Waals surface area contributed by atoms with E-state index in [-0.39, 0.29) is 24.4 Å². The summed E-state index contributed by atoms with van der Waals surface area (Å²) in [6.45, 7) is 4.37. The molecular formula is C15H18N2O2. The number of nitrogens with zero attached hydrogens (tertiary/aromatic N) is 2. The molecule has 0 saturated heterocycles. The van der Waals surface area contributed by atoms with Gasteiger partial charge in [-0.05, 0) is 31.9 Å². The van der Waals surface area contributed by atoms with E-state index >= 15 is 0 Å². The fourth-order valence-electron chi connectivity index (χ4n) is 2.31. The van der Waals surface area contributed by atoms with Crippen LogP contribution >= 0.6 is 0 Å². The zero-order chi connectivity index (χ0) is 13.8. The topological polar surface area (TPSA) is 53.3 Å². The summed E-state index contributed by atoms with van der Waals surface area (Å²) >= 11 is 0. The Hall–Kier alpha value is -2.02. The molecule has 1 aliphatic heterocycles. The first-order chi connectivity index (χ1) is 9.13. The van der Waals surface area contributed by atoms with E-state index in [0.717, 1.165) is 11.3 Å². The molecule has 1 heterocycles. The highest BCUT2D eigenvalue weighted by atomic mass is 16.5. The van der Waals surface area contributed by atoms with Crippen LogP contribution in [0.1, 0.15) is 19.4 Å². The second-order valence-corrected chi connectivity index (χ2v) is 5.04. The summed E-state index contributed by atoms with van der Waals surface area (Å²) in [7, 11) is 0. The van der Waals surface area contributed by atoms with Crippen LogP contribution in [0.15, 0.2) is 24.3 Å². The molecule has 0 radical (unpaired) electrons. The highest BCUT2D eigenvalue weighted by molar-refractivity contribution is 5.80. The minimum Gasteiger partial charge on any atom is -0.492 e. The number of amides is 1. The molecule has 0 N–H and O–H groups in total. The monoisotopic (exact) mass is 258 g/mol. The number of carbonyl (C=O) groups is 1. The number of ether oxygens (including phenoxy) is 1. The summed E-state index contributed by atoms with van der Waals surface area (Å²) in [5.74, 6) is 0.680. The first kappa shape index (κ1) is 13.4. The summed E-state index contributed by atoms with van der Waals surface area (Å²) in [6, 6.07) is 9.87. The molecule has 0 spiro atoms. The van der Waals surface area contributed by atoms with E-state index in [1.165, 1.54) is 0 Å². The predicted octanol–water partition coefficient (Wildman–Crippen LogP) is 2.00. The standard InChI is InChI=1S/C15H18N2O2/c1-11(2)17(8-7-16)15(18)13-9-12-5-3-4-6-14(12)19-10-13/h3-6,11,13H,8-10H2,1-2H3. The van der Waals surface area contributed by atoms with Gasteiger partial charge in [0.2, 0.25) is 5.91 Å². The third kappa shape index (κ3) is 2.87. The van der Waals surface area contributed by atoms with Crippen LogP contribution in [0, 0.1) is 17.2 Å². The van der Waals surface area contributed by atoms with Gasteiger partial charge in [-0.25, -0.2) is 0 Å². The van der Waals surface area contributed by atoms with E-state index in [9.17, 15) is 4.79 Å². The third-order valence-electron chi connectivity index (χ3n) is 3.38. The van der Waals surface area contributed by atoms with Gasteiger partial charge in [-0.2, -0.15) is 5.26 Å². The normalized spacial score (nSPS) is 17.3. The molecule has 1 aromatic rings. The Morgan fingerprint density at radius 3 is 2.95 bits per heavy atom. The Morgan fingerprint density at radius 1 is 1.53 bits per heavy atom. The first-order valence-corrected chi connectivity index (χ1v) is 6.51. The average Bonchev–Trinajstić information content (AvgIpc) is 2.43. The van der Waals surface area contributed by atoms with Crippen molar-refractivity contribution in [2.45, 2.75) is 26.3 Å². The van der Waals surface area contributed by atoms with Gasteiger partial charge in [-0.3, -0.25) is 4.79 Å². The Balaban J connectivity index is 2.12. The Morgan fingerprint density at radius 2 is 2.26 bits per heavy atom. The molecular weight excluding hydrogens is 240 g/mol. The van der Waals surface area contributed by atoms with Crippen LogP contribution in [-0.2, 0) is 11.2 Å². The summed E-state index contributed by atoms with van der Waals surface area (Å²) in [5.41, 5.74) is 1.06. The van der Waals surface area contributed by atoms with Gasteiger partial charge in [-0.1, -0.05) is 18.2 Å². The molecule has 0 fully saturated rings. The minimum atomic E-state index is -0.189. The van der Waals surface area contributed by atoms with E-state index in [2.05, 4.69) is 6.07 Å². The van der Waals surface area contributed by atoms with Gasteiger partial charge in [0, 0.05) is 6.04 Å². The number of fused-ring (bicyclic) bond motifs is 1. The van der Waals surface area contributed by atoms with Crippen LogP contribution in [0.3, 0.4) is 0 Å². The van der Waals surface area contributed by atoms with Gasteiger partial charge < -0.3 is 9.64 Å². The van der Waals surface area contributed by atoms with Crippen LogP contribution in [0.5, 0.6) is 5.75 Å². The Kier molecular flexibility index (Phi) is 4.06. The zero-order valence-corrected chi connectivity index (χ0v) is 11.3. The lowest BCUT2D eigenvalue weighted by molar-refractivity contribution is -0.137. The van der Waals surface area contributed by atoms with Crippen LogP contribution in [0.4, 0.5) is 0 Å². The van der Waals surface area contributed by atoms with Crippen molar-refractivity contribution in [3.63, 3.8) is 0 Å². The number of rotatable bonds is 3. The minimum absolute atomic E-state index is 0.00560. The molecule has 0 bridgehead atoms. The van der Waals surface area contributed by atoms with Gasteiger partial charge in [0.05, 0.1) is 12.0 Å². The van der Waals surface area contributed by atoms with Crippen LogP contribution in [0.2, 0.25) is 0 Å². The number of carbonyl (C=O) groups excluding carboxylic acids is 1. The highest BCUT2D eigenvalue weighted by Gasteiger charge is 2.30. The second-order valence-electron chi connectivity index (χ2n) is 5.04. The molecule has 1 aromatic carbocycles. The largest absolute Gasteiger partial charge is 0.492 e. The summed E-state index contributed by atoms with van der Waals surface area (Å²) in [6.07, 6.45) is 0.684. The third-order valence-corrected chi connectivity index (χ3v) is 3.38. The van der Waals surface area contributed by atoms with Crippen molar-refractivity contribution >= 4 is 5.91 Å². The summed E-state index contributed by atoms with van der Waals surface area (Å²) in [5, 5.41) is 8.82. The molecule has 1 aliphatic rings. The molecule has 2 rings (SSSR count). The van der Waals surface area contributed by atoms with E-state index in [0.29, 0.717) is 13.0 Å². The fourth-order valence-corrected chi connectivity index (χ4v) is 2.31. The average molecular weight is 258 g/mol. The van der Waals surface area contributed by atoms with Crippen molar-refractivity contribution in [3.05, 3.63) is 29.8 Å². The first-order valence-electron chi connectivity index (χ1n) is 6.51. The number of hydrogen-bond donors (Lipinski definition) is 0. The van der Waals surface area contributed by atoms with Gasteiger partial charge in [0.1, 0.15) is 18.9 Å². The number of para-hydroxylation sites is 1. The van der Waals surface area contributed by atoms with E-state index in [1.54, 1.807) is 4.90 Å². The van der Waals surface area contributed by atoms with Gasteiger partial charge in [0.15, 0.2) is 0 Å². The number of hydrogen-bond acceptors (Lipinski definition) is 3. The maximum atomic E-state index is 12.4. The van der Waals surface area contributed by atoms with E-state index in [4.69, 9.17) is 10.00 Å². The van der Waals surface area contributed by atoms with Crippen molar-refractivity contribution in [2.75, 3.05) is 13.2 Å². The number of nitriles is 1. The zero-order valence-electron chi connectivity index (χ0n) is 11.3. The lowest BCUT2D eigenvalue weighted by Gasteiger charge is -2.31. The molecule has 100 valence electrons. The quantitative estimate of drug-likeness (QED) is 0.779. The molecule has 0 aliphatic carbocycles. The van der Waals surface area contributed by atoms with Crippen molar-refractivity contribution < 1.29 is 9.53 Å². The summed E-state index contributed by atoms with van der Waals surface area (Å²) < 4.78 is 5.63. The van der Waals surface area contributed by atoms with Crippen molar-refractivity contribution in [1.29, 1.82) is 5.26 Å². The molecule has 19 heavy (non-hydrogen) atoms. The Labute approximate surface area is 113 Å². The van der Waals surface area contributed by atoms with Crippen LogP contribution in [0.25, 0.3) is 0 Å². The lowest BCUT2D eigenvalue weighted by atomic mass is 9.95. The fraction of sp³-hybridized carbons (Fsp3) is 0.467.